The number of unbranched alkanes of at least 4 members (excludes halogenated alkanes) is 7. The Morgan fingerprint density at radius 2 is 1.77 bits per heavy atom. The minimum Gasteiger partial charge on any atom is -0.481 e. The van der Waals surface area contributed by atoms with Crippen molar-refractivity contribution < 1.29 is 14.3 Å². The Kier molecular flexibility index (Phi) is 18.5. The van der Waals surface area contributed by atoms with E-state index in [0.717, 1.165) is 13.0 Å². The van der Waals surface area contributed by atoms with Crippen LogP contribution in [0.15, 0.2) is 29.3 Å². The lowest BCUT2D eigenvalue weighted by atomic mass is 10.1. The van der Waals surface area contributed by atoms with Gasteiger partial charge in [0.2, 0.25) is 0 Å². The molecule has 0 aromatic heterocycles. The summed E-state index contributed by atoms with van der Waals surface area (Å²) in [6, 6.07) is -0.435. The normalized spacial score (nSPS) is 15.9. The predicted octanol–water partition coefficient (Wildman–Crippen LogP) is 4.56. The molecule has 1 atom stereocenters. The molecule has 0 fully saturated rings. The molecule has 0 aliphatic carbocycles. The van der Waals surface area contributed by atoms with Crippen LogP contribution in [0, 0.1) is 0 Å². The van der Waals surface area contributed by atoms with Crippen molar-refractivity contribution in [2.75, 3.05) is 20.3 Å². The standard InChI is InChI=1S/C16H31N.C5H7NO3/c1-2-3-4-5-6-7-8-9-10-11-12-13-14-15-16-17;1-8-5(7)4-2-9-3-6-4/h6-7,9-10H,2-5,8,11-17H2,1H3;3-4H,2H2,1H3/b7-6-,10-9-;. The molecule has 26 heavy (non-hydrogen) atoms. The summed E-state index contributed by atoms with van der Waals surface area (Å²) in [6.07, 6.45) is 23.2. The number of hydrogen-bond acceptors (Lipinski definition) is 5. The van der Waals surface area contributed by atoms with Gasteiger partial charge in [0.1, 0.15) is 6.61 Å². The molecule has 0 spiro atoms. The van der Waals surface area contributed by atoms with Gasteiger partial charge in [-0.3, -0.25) is 0 Å². The van der Waals surface area contributed by atoms with Gasteiger partial charge in [-0.1, -0.05) is 56.9 Å². The fourth-order valence-electron chi connectivity index (χ4n) is 2.34. The molecule has 5 nitrogen and oxygen atoms in total. The first-order valence-electron chi connectivity index (χ1n) is 9.97. The molecular weight excluding hydrogens is 328 g/mol. The lowest BCUT2D eigenvalue weighted by Gasteiger charge is -1.99. The number of nitrogens with two attached hydrogens (primary N) is 1. The molecule has 0 aromatic rings. The van der Waals surface area contributed by atoms with E-state index in [4.69, 9.17) is 5.73 Å². The molecule has 0 saturated heterocycles. The average molecular weight is 367 g/mol. The Morgan fingerprint density at radius 3 is 2.31 bits per heavy atom. The largest absolute Gasteiger partial charge is 0.481 e. The summed E-state index contributed by atoms with van der Waals surface area (Å²) in [6.45, 7) is 3.41. The molecule has 5 heteroatoms. The maximum Gasteiger partial charge on any atom is 0.334 e. The Balaban J connectivity index is 0.000000577. The van der Waals surface area contributed by atoms with Crippen LogP contribution in [0.2, 0.25) is 0 Å². The molecule has 150 valence electrons. The first-order valence-corrected chi connectivity index (χ1v) is 9.97. The molecule has 0 amide bonds. The number of methoxy groups -OCH3 is 1. The predicted molar refractivity (Wildman–Crippen MR) is 109 cm³/mol. The summed E-state index contributed by atoms with van der Waals surface area (Å²) >= 11 is 0. The van der Waals surface area contributed by atoms with Gasteiger partial charge in [0, 0.05) is 0 Å². The van der Waals surface area contributed by atoms with Crippen molar-refractivity contribution in [1.82, 2.24) is 0 Å². The summed E-state index contributed by atoms with van der Waals surface area (Å²) in [4.78, 5) is 14.3. The highest BCUT2D eigenvalue weighted by molar-refractivity contribution is 5.78. The summed E-state index contributed by atoms with van der Waals surface area (Å²) in [5.74, 6) is -0.344. The molecule has 0 aromatic carbocycles. The highest BCUT2D eigenvalue weighted by Crippen LogP contribution is 2.04. The van der Waals surface area contributed by atoms with Gasteiger partial charge in [0.05, 0.1) is 7.11 Å². The lowest BCUT2D eigenvalue weighted by Crippen LogP contribution is -2.21. The Morgan fingerprint density at radius 1 is 1.12 bits per heavy atom. The van der Waals surface area contributed by atoms with E-state index in [1.165, 1.54) is 71.3 Å². The third-order valence-corrected chi connectivity index (χ3v) is 3.95. The first kappa shape index (κ1) is 24.4. The second-order valence-electron chi connectivity index (χ2n) is 6.29. The van der Waals surface area contributed by atoms with E-state index in [1.807, 2.05) is 0 Å². The van der Waals surface area contributed by atoms with Crippen molar-refractivity contribution in [1.29, 1.82) is 0 Å². The maximum atomic E-state index is 10.6. The molecule has 1 unspecified atom stereocenters. The van der Waals surface area contributed by atoms with Crippen molar-refractivity contribution in [2.24, 2.45) is 10.7 Å². The molecule has 2 N–H and O–H groups in total. The van der Waals surface area contributed by atoms with Gasteiger partial charge in [0.25, 0.3) is 0 Å². The van der Waals surface area contributed by atoms with Crippen molar-refractivity contribution >= 4 is 12.4 Å². The van der Waals surface area contributed by atoms with Crippen LogP contribution < -0.4 is 5.73 Å². The van der Waals surface area contributed by atoms with Crippen LogP contribution in [-0.4, -0.2) is 38.7 Å². The zero-order valence-electron chi connectivity index (χ0n) is 16.7. The van der Waals surface area contributed by atoms with Crippen molar-refractivity contribution in [2.45, 2.75) is 77.2 Å². The molecule has 0 bridgehead atoms. The Labute approximate surface area is 159 Å². The highest BCUT2D eigenvalue weighted by atomic mass is 16.5. The zero-order chi connectivity index (χ0) is 19.3. The van der Waals surface area contributed by atoms with Gasteiger partial charge >= 0.3 is 5.97 Å². The van der Waals surface area contributed by atoms with E-state index in [1.54, 1.807) is 0 Å². The van der Waals surface area contributed by atoms with E-state index in [2.05, 4.69) is 45.7 Å². The lowest BCUT2D eigenvalue weighted by molar-refractivity contribution is -0.142. The SMILES string of the molecule is CCCCC/C=C\C/C=C\CCCCCCN.COC(=O)C1COC=N1. The summed E-state index contributed by atoms with van der Waals surface area (Å²) in [5, 5.41) is 0. The first-order chi connectivity index (χ1) is 12.8. The van der Waals surface area contributed by atoms with Gasteiger partial charge in [-0.05, 0) is 45.1 Å². The number of aliphatic imine (C=N–C) groups is 1. The molecule has 1 heterocycles. The van der Waals surface area contributed by atoms with Crippen molar-refractivity contribution in [3.63, 3.8) is 0 Å². The fourth-order valence-corrected chi connectivity index (χ4v) is 2.34. The number of nitrogens with zero attached hydrogens (tertiary/aromatic N) is 1. The monoisotopic (exact) mass is 366 g/mol. The second-order valence-corrected chi connectivity index (χ2v) is 6.29. The minimum atomic E-state index is -0.435. The second kappa shape index (κ2) is 19.7. The molecule has 1 aliphatic heterocycles. The van der Waals surface area contributed by atoms with Crippen LogP contribution in [0.25, 0.3) is 0 Å². The van der Waals surface area contributed by atoms with Crippen LogP contribution in [0.4, 0.5) is 0 Å². The van der Waals surface area contributed by atoms with E-state index < -0.39 is 6.04 Å². The summed E-state index contributed by atoms with van der Waals surface area (Å²) in [5.41, 5.74) is 5.45. The smallest absolute Gasteiger partial charge is 0.334 e. The number of ether oxygens (including phenoxy) is 2. The van der Waals surface area contributed by atoms with E-state index >= 15 is 0 Å². The summed E-state index contributed by atoms with van der Waals surface area (Å²) < 4.78 is 9.09. The number of esters is 1. The third-order valence-electron chi connectivity index (χ3n) is 3.95. The topological polar surface area (TPSA) is 73.9 Å². The number of carbonyl (C=O) groups excluding carboxylic acids is 1. The highest BCUT2D eigenvalue weighted by Gasteiger charge is 2.20. The quantitative estimate of drug-likeness (QED) is 0.294. The molecule has 1 aliphatic rings. The van der Waals surface area contributed by atoms with Crippen LogP contribution in [0.1, 0.15) is 71.1 Å². The van der Waals surface area contributed by atoms with E-state index in [-0.39, 0.29) is 5.97 Å². The molecule has 1 rings (SSSR count). The Bertz CT molecular complexity index is 406. The number of carbonyl (C=O) groups is 1. The third kappa shape index (κ3) is 15.9. The van der Waals surface area contributed by atoms with Crippen molar-refractivity contribution in [3.05, 3.63) is 24.3 Å². The number of rotatable bonds is 13. The van der Waals surface area contributed by atoms with Crippen molar-refractivity contribution in [3.8, 4) is 0 Å². The minimum absolute atomic E-state index is 0.312. The van der Waals surface area contributed by atoms with Crippen LogP contribution in [-0.2, 0) is 14.3 Å². The molecule has 0 saturated carbocycles. The Hall–Kier alpha value is -1.62. The van der Waals surface area contributed by atoms with Crippen LogP contribution in [0.3, 0.4) is 0 Å². The van der Waals surface area contributed by atoms with Gasteiger partial charge in [-0.15, -0.1) is 0 Å². The van der Waals surface area contributed by atoms with Crippen LogP contribution >= 0.6 is 0 Å². The zero-order valence-corrected chi connectivity index (χ0v) is 16.7. The van der Waals surface area contributed by atoms with E-state index in [9.17, 15) is 4.79 Å². The molecular formula is C21H38N2O3. The van der Waals surface area contributed by atoms with E-state index in [0.29, 0.717) is 6.61 Å². The van der Waals surface area contributed by atoms with Gasteiger partial charge in [0.15, 0.2) is 12.4 Å². The number of hydrogen-bond donors (Lipinski definition) is 1. The van der Waals surface area contributed by atoms with Gasteiger partial charge in [-0.2, -0.15) is 0 Å². The fraction of sp³-hybridized carbons (Fsp3) is 0.714. The van der Waals surface area contributed by atoms with Gasteiger partial charge < -0.3 is 15.2 Å². The average Bonchev–Trinajstić information content (AvgIpc) is 3.20. The van der Waals surface area contributed by atoms with Gasteiger partial charge in [-0.25, -0.2) is 9.79 Å². The number of allylic oxidation sites excluding steroid dienone is 4. The van der Waals surface area contributed by atoms with Crippen LogP contribution in [0.5, 0.6) is 0 Å². The summed E-state index contributed by atoms with van der Waals surface area (Å²) in [7, 11) is 1.33. The molecule has 0 radical (unpaired) electrons. The maximum absolute atomic E-state index is 10.6.